The number of carbonyl (C=O) groups excluding carboxylic acids is 1. The second-order valence-electron chi connectivity index (χ2n) is 7.87. The van der Waals surface area contributed by atoms with Gasteiger partial charge in [-0.25, -0.2) is 13.1 Å². The fourth-order valence-electron chi connectivity index (χ4n) is 3.59. The topological polar surface area (TPSA) is 75.3 Å². The Hall–Kier alpha value is -2.55. The van der Waals surface area contributed by atoms with Gasteiger partial charge in [0.1, 0.15) is 0 Å². The Morgan fingerprint density at radius 3 is 2.48 bits per heavy atom. The predicted molar refractivity (Wildman–Crippen MR) is 104 cm³/mol. The number of benzene rings is 2. The molecule has 1 heterocycles. The van der Waals surface area contributed by atoms with Crippen LogP contribution >= 0.6 is 0 Å². The Morgan fingerprint density at radius 1 is 1.17 bits per heavy atom. The van der Waals surface area contributed by atoms with Crippen LogP contribution in [0.1, 0.15) is 53.4 Å². The molecule has 1 unspecified atom stereocenters. The van der Waals surface area contributed by atoms with Crippen molar-refractivity contribution in [2.24, 2.45) is 0 Å². The first-order valence-corrected chi connectivity index (χ1v) is 10.8. The Labute approximate surface area is 167 Å². The van der Waals surface area contributed by atoms with Gasteiger partial charge in [-0.3, -0.25) is 4.79 Å². The van der Waals surface area contributed by atoms with Gasteiger partial charge in [0.2, 0.25) is 10.0 Å². The number of carbonyl (C=O) groups is 1. The maximum absolute atomic E-state index is 13.1. The van der Waals surface area contributed by atoms with Gasteiger partial charge in [0.15, 0.2) is 0 Å². The second kappa shape index (κ2) is 7.05. The molecule has 0 aromatic heterocycles. The lowest BCUT2D eigenvalue weighted by molar-refractivity contribution is -0.137. The van der Waals surface area contributed by atoms with Gasteiger partial charge in [0.25, 0.3) is 5.91 Å². The normalized spacial score (nSPS) is 18.5. The van der Waals surface area contributed by atoms with Crippen molar-refractivity contribution in [3.8, 4) is 0 Å². The standard InChI is InChI=1S/C20H21F3N2O3S/c1-19(2)11-17(12-5-4-6-14(9-12)20(21,22)23)24-16-8-7-13(10-15(16)19)18(26)25-29(3,27)28/h4-10,17,24H,11H2,1-3H3,(H,25,26). The third-order valence-electron chi connectivity index (χ3n) is 4.95. The molecule has 0 aliphatic carbocycles. The number of fused-ring (bicyclic) bond motifs is 1. The van der Waals surface area contributed by atoms with Crippen molar-refractivity contribution in [1.82, 2.24) is 4.72 Å². The van der Waals surface area contributed by atoms with Gasteiger partial charge < -0.3 is 5.32 Å². The number of halogens is 3. The lowest BCUT2D eigenvalue weighted by Gasteiger charge is -2.39. The lowest BCUT2D eigenvalue weighted by atomic mass is 9.73. The Kier molecular flexibility index (Phi) is 5.15. The first-order chi connectivity index (χ1) is 13.3. The highest BCUT2D eigenvalue weighted by molar-refractivity contribution is 7.89. The lowest BCUT2D eigenvalue weighted by Crippen LogP contribution is -2.33. The molecule has 156 valence electrons. The average Bonchev–Trinajstić information content (AvgIpc) is 2.59. The first-order valence-electron chi connectivity index (χ1n) is 8.87. The van der Waals surface area contributed by atoms with E-state index in [2.05, 4.69) is 5.32 Å². The number of amides is 1. The molecular weight excluding hydrogens is 405 g/mol. The molecule has 1 aliphatic rings. The van der Waals surface area contributed by atoms with Gasteiger partial charge in [-0.2, -0.15) is 13.2 Å². The van der Waals surface area contributed by atoms with Gasteiger partial charge in [-0.15, -0.1) is 0 Å². The molecule has 3 rings (SSSR count). The van der Waals surface area contributed by atoms with Crippen molar-refractivity contribution < 1.29 is 26.4 Å². The Bertz CT molecular complexity index is 1060. The number of hydrogen-bond donors (Lipinski definition) is 2. The summed E-state index contributed by atoms with van der Waals surface area (Å²) in [5, 5.41) is 3.24. The fraction of sp³-hybridized carbons (Fsp3) is 0.350. The summed E-state index contributed by atoms with van der Waals surface area (Å²) in [5.41, 5.74) is 1.05. The Morgan fingerprint density at radius 2 is 1.86 bits per heavy atom. The van der Waals surface area contributed by atoms with Gasteiger partial charge in [0.05, 0.1) is 17.9 Å². The van der Waals surface area contributed by atoms with Crippen LogP contribution in [0.3, 0.4) is 0 Å². The molecular formula is C20H21F3N2O3S. The van der Waals surface area contributed by atoms with Crippen LogP contribution < -0.4 is 10.0 Å². The summed E-state index contributed by atoms with van der Waals surface area (Å²) >= 11 is 0. The maximum atomic E-state index is 13.1. The monoisotopic (exact) mass is 426 g/mol. The molecule has 9 heteroatoms. The van der Waals surface area contributed by atoms with E-state index < -0.39 is 33.1 Å². The molecule has 2 aromatic carbocycles. The van der Waals surface area contributed by atoms with Crippen LogP contribution in [0, 0.1) is 0 Å². The SMILES string of the molecule is CC1(C)CC(c2cccc(C(F)(F)F)c2)Nc2ccc(C(=O)NS(C)(=O)=O)cc21. The average molecular weight is 426 g/mol. The zero-order valence-corrected chi connectivity index (χ0v) is 16.9. The summed E-state index contributed by atoms with van der Waals surface area (Å²) in [6.45, 7) is 3.87. The van der Waals surface area contributed by atoms with Gasteiger partial charge >= 0.3 is 6.18 Å². The zero-order chi connectivity index (χ0) is 21.6. The number of nitrogens with one attached hydrogen (secondary N) is 2. The fourth-order valence-corrected chi connectivity index (χ4v) is 4.05. The second-order valence-corrected chi connectivity index (χ2v) is 9.62. The molecule has 0 saturated carbocycles. The van der Waals surface area contributed by atoms with E-state index in [1.54, 1.807) is 18.2 Å². The molecule has 2 aromatic rings. The van der Waals surface area contributed by atoms with E-state index in [4.69, 9.17) is 0 Å². The van der Waals surface area contributed by atoms with Crippen LogP contribution in [0.5, 0.6) is 0 Å². The smallest absolute Gasteiger partial charge is 0.378 e. The molecule has 5 nitrogen and oxygen atoms in total. The quantitative estimate of drug-likeness (QED) is 0.770. The number of hydrogen-bond acceptors (Lipinski definition) is 4. The predicted octanol–water partition coefficient (Wildman–Crippen LogP) is 4.23. The van der Waals surface area contributed by atoms with Crippen molar-refractivity contribution in [1.29, 1.82) is 0 Å². The highest BCUT2D eigenvalue weighted by Crippen LogP contribution is 2.45. The highest BCUT2D eigenvalue weighted by Gasteiger charge is 2.36. The third-order valence-corrected chi connectivity index (χ3v) is 5.51. The molecule has 1 atom stereocenters. The van der Waals surface area contributed by atoms with E-state index in [1.165, 1.54) is 12.1 Å². The first kappa shape index (κ1) is 21.2. The highest BCUT2D eigenvalue weighted by atomic mass is 32.2. The molecule has 0 radical (unpaired) electrons. The van der Waals surface area contributed by atoms with E-state index in [9.17, 15) is 26.4 Å². The molecule has 1 aliphatic heterocycles. The number of sulfonamides is 1. The van der Waals surface area contributed by atoms with Crippen LogP contribution in [0.25, 0.3) is 0 Å². The van der Waals surface area contributed by atoms with Crippen LogP contribution in [-0.4, -0.2) is 20.6 Å². The van der Waals surface area contributed by atoms with E-state index in [1.807, 2.05) is 18.6 Å². The van der Waals surface area contributed by atoms with Crippen molar-refractivity contribution in [3.05, 3.63) is 64.7 Å². The van der Waals surface area contributed by atoms with Crippen molar-refractivity contribution >= 4 is 21.6 Å². The molecule has 0 saturated heterocycles. The summed E-state index contributed by atoms with van der Waals surface area (Å²) in [7, 11) is -3.69. The largest absolute Gasteiger partial charge is 0.416 e. The molecule has 0 fully saturated rings. The van der Waals surface area contributed by atoms with E-state index in [0.717, 1.165) is 24.0 Å². The van der Waals surface area contributed by atoms with Crippen LogP contribution in [0.4, 0.5) is 18.9 Å². The third kappa shape index (κ3) is 4.72. The minimum absolute atomic E-state index is 0.196. The van der Waals surface area contributed by atoms with E-state index in [0.29, 0.717) is 17.7 Å². The Balaban J connectivity index is 1.94. The molecule has 2 N–H and O–H groups in total. The minimum atomic E-state index is -4.42. The summed E-state index contributed by atoms with van der Waals surface area (Å²) in [6, 6.07) is 9.64. The summed E-state index contributed by atoms with van der Waals surface area (Å²) in [4.78, 5) is 12.2. The van der Waals surface area contributed by atoms with Crippen LogP contribution in [0.15, 0.2) is 42.5 Å². The van der Waals surface area contributed by atoms with Crippen LogP contribution in [-0.2, 0) is 21.6 Å². The van der Waals surface area contributed by atoms with Gasteiger partial charge in [0, 0.05) is 11.3 Å². The van der Waals surface area contributed by atoms with Gasteiger partial charge in [-0.05, 0) is 53.3 Å². The van der Waals surface area contributed by atoms with Crippen LogP contribution in [0.2, 0.25) is 0 Å². The molecule has 1 amide bonds. The van der Waals surface area contributed by atoms with E-state index in [-0.39, 0.29) is 11.6 Å². The van der Waals surface area contributed by atoms with Crippen molar-refractivity contribution in [2.45, 2.75) is 37.9 Å². The maximum Gasteiger partial charge on any atom is 0.416 e. The number of rotatable bonds is 3. The number of anilines is 1. The zero-order valence-electron chi connectivity index (χ0n) is 16.1. The van der Waals surface area contributed by atoms with Crippen molar-refractivity contribution in [3.63, 3.8) is 0 Å². The van der Waals surface area contributed by atoms with Crippen molar-refractivity contribution in [2.75, 3.05) is 11.6 Å². The molecule has 29 heavy (non-hydrogen) atoms. The van der Waals surface area contributed by atoms with Gasteiger partial charge in [-0.1, -0.05) is 26.0 Å². The summed E-state index contributed by atoms with van der Waals surface area (Å²) in [6.07, 6.45) is -3.02. The molecule has 0 bridgehead atoms. The number of alkyl halides is 3. The minimum Gasteiger partial charge on any atom is -0.378 e. The van der Waals surface area contributed by atoms with E-state index >= 15 is 0 Å². The summed E-state index contributed by atoms with van der Waals surface area (Å²) in [5.74, 6) is -0.730. The molecule has 0 spiro atoms. The summed E-state index contributed by atoms with van der Waals surface area (Å²) < 4.78 is 63.7.